The Labute approximate surface area is 215 Å². The van der Waals surface area contributed by atoms with Gasteiger partial charge < -0.3 is 20.4 Å². The molecule has 0 spiro atoms. The SMILES string of the molecule is N=C(N)c1ccc(OC(=O)C(F)(F)F)c(CC[C@@H]2CCCN2C(=O)c2ccc(-c3ccc(=O)[nH]c3)cc2)c1. The first-order valence-electron chi connectivity index (χ1n) is 11.9. The summed E-state index contributed by atoms with van der Waals surface area (Å²) in [6, 6.07) is 13.9. The number of pyridine rings is 1. The number of alkyl halides is 3. The van der Waals surface area contributed by atoms with Gasteiger partial charge in [-0.2, -0.15) is 13.2 Å². The van der Waals surface area contributed by atoms with Gasteiger partial charge in [-0.1, -0.05) is 12.1 Å². The van der Waals surface area contributed by atoms with Gasteiger partial charge in [-0.15, -0.1) is 0 Å². The highest BCUT2D eigenvalue weighted by molar-refractivity contribution is 5.96. The molecule has 198 valence electrons. The van der Waals surface area contributed by atoms with Gasteiger partial charge in [0, 0.05) is 36.0 Å². The Hall–Kier alpha value is -4.41. The van der Waals surface area contributed by atoms with E-state index in [0.717, 1.165) is 17.5 Å². The van der Waals surface area contributed by atoms with Gasteiger partial charge in [0.1, 0.15) is 11.6 Å². The number of ether oxygens (including phenoxy) is 1. The second kappa shape index (κ2) is 10.9. The van der Waals surface area contributed by atoms with E-state index in [4.69, 9.17) is 11.1 Å². The maximum atomic E-state index is 13.3. The molecule has 1 amide bonds. The van der Waals surface area contributed by atoms with Crippen molar-refractivity contribution < 1.29 is 27.5 Å². The quantitative estimate of drug-likeness (QED) is 0.185. The lowest BCUT2D eigenvalue weighted by Gasteiger charge is -2.25. The minimum absolute atomic E-state index is 0.165. The molecule has 0 radical (unpaired) electrons. The third-order valence-corrected chi connectivity index (χ3v) is 6.44. The van der Waals surface area contributed by atoms with Gasteiger partial charge in [0.2, 0.25) is 5.56 Å². The van der Waals surface area contributed by atoms with E-state index in [2.05, 4.69) is 9.72 Å². The highest BCUT2D eigenvalue weighted by Gasteiger charge is 2.41. The van der Waals surface area contributed by atoms with Gasteiger partial charge in [-0.3, -0.25) is 15.0 Å². The number of halogens is 3. The second-order valence-corrected chi connectivity index (χ2v) is 8.98. The fraction of sp³-hybridized carbons (Fsp3) is 0.259. The summed E-state index contributed by atoms with van der Waals surface area (Å²) in [6.45, 7) is 0.536. The number of aromatic amines is 1. The van der Waals surface area contributed by atoms with Crippen LogP contribution in [0.2, 0.25) is 0 Å². The molecule has 1 aliphatic rings. The largest absolute Gasteiger partial charge is 0.491 e. The summed E-state index contributed by atoms with van der Waals surface area (Å²) in [5.41, 5.74) is 8.03. The summed E-state index contributed by atoms with van der Waals surface area (Å²) in [6.07, 6.45) is -1.45. The third-order valence-electron chi connectivity index (χ3n) is 6.44. The summed E-state index contributed by atoms with van der Waals surface area (Å²) in [5, 5.41) is 7.63. The number of likely N-dealkylation sites (tertiary alicyclic amines) is 1. The maximum Gasteiger partial charge on any atom is 0.491 e. The lowest BCUT2D eigenvalue weighted by atomic mass is 10.00. The molecule has 3 aromatic rings. The lowest BCUT2D eigenvalue weighted by Crippen LogP contribution is -2.35. The number of carbonyl (C=O) groups excluding carboxylic acids is 2. The molecule has 4 N–H and O–H groups in total. The van der Waals surface area contributed by atoms with Crippen LogP contribution in [0.4, 0.5) is 13.2 Å². The van der Waals surface area contributed by atoms with E-state index in [1.54, 1.807) is 41.4 Å². The van der Waals surface area contributed by atoms with Crippen LogP contribution in [-0.4, -0.2) is 46.4 Å². The number of rotatable bonds is 7. The van der Waals surface area contributed by atoms with Crippen molar-refractivity contribution >= 4 is 17.7 Å². The Morgan fingerprint density at radius 1 is 1.05 bits per heavy atom. The Morgan fingerprint density at radius 2 is 1.74 bits per heavy atom. The standard InChI is InChI=1S/C27H25F3N4O4/c28-27(29,30)26(37)38-22-11-8-19(24(31)32)14-18(22)7-10-21-2-1-13-34(21)25(36)17-5-3-16(4-6-17)20-9-12-23(35)33-15-20/h3-6,8-9,11-12,14-15,21H,1-2,7,10,13H2,(H3,31,32)(H,33,35)/t21-/m0/s1. The zero-order valence-electron chi connectivity index (χ0n) is 20.2. The van der Waals surface area contributed by atoms with Gasteiger partial charge in [-0.25, -0.2) is 4.79 Å². The number of benzene rings is 2. The summed E-state index contributed by atoms with van der Waals surface area (Å²) < 4.78 is 42.9. The van der Waals surface area contributed by atoms with Crippen LogP contribution in [-0.2, 0) is 11.2 Å². The molecule has 2 heterocycles. The molecule has 11 heteroatoms. The highest BCUT2D eigenvalue weighted by atomic mass is 19.4. The minimum atomic E-state index is -5.15. The Bertz CT molecular complexity index is 1400. The van der Waals surface area contributed by atoms with E-state index >= 15 is 0 Å². The number of nitrogen functional groups attached to an aromatic ring is 1. The van der Waals surface area contributed by atoms with Crippen LogP contribution >= 0.6 is 0 Å². The van der Waals surface area contributed by atoms with Crippen molar-refractivity contribution in [1.82, 2.24) is 9.88 Å². The van der Waals surface area contributed by atoms with Gasteiger partial charge >= 0.3 is 12.1 Å². The molecule has 1 saturated heterocycles. The van der Waals surface area contributed by atoms with Gasteiger partial charge in [0.15, 0.2) is 0 Å². The first-order valence-corrected chi connectivity index (χ1v) is 11.9. The third kappa shape index (κ3) is 6.10. The molecule has 2 aromatic carbocycles. The molecular formula is C27H25F3N4O4. The average Bonchev–Trinajstić information content (AvgIpc) is 3.36. The van der Waals surface area contributed by atoms with Crippen LogP contribution in [0, 0.1) is 5.41 Å². The number of hydrogen-bond acceptors (Lipinski definition) is 5. The van der Waals surface area contributed by atoms with E-state index in [1.807, 2.05) is 0 Å². The molecule has 38 heavy (non-hydrogen) atoms. The fourth-order valence-corrected chi connectivity index (χ4v) is 4.49. The second-order valence-electron chi connectivity index (χ2n) is 8.98. The van der Waals surface area contributed by atoms with E-state index in [-0.39, 0.29) is 41.1 Å². The number of amides is 1. The number of nitrogens with zero attached hydrogens (tertiary/aromatic N) is 1. The molecule has 8 nitrogen and oxygen atoms in total. The van der Waals surface area contributed by atoms with E-state index in [1.165, 1.54) is 24.3 Å². The van der Waals surface area contributed by atoms with Crippen LogP contribution in [0.25, 0.3) is 11.1 Å². The molecule has 1 fully saturated rings. The molecule has 0 saturated carbocycles. The normalized spacial score (nSPS) is 15.3. The van der Waals surface area contributed by atoms with Crippen LogP contribution in [0.15, 0.2) is 65.6 Å². The highest BCUT2D eigenvalue weighted by Crippen LogP contribution is 2.29. The summed E-state index contributed by atoms with van der Waals surface area (Å²) >= 11 is 0. The van der Waals surface area contributed by atoms with E-state index in [0.29, 0.717) is 30.5 Å². The Morgan fingerprint density at radius 3 is 2.37 bits per heavy atom. The van der Waals surface area contributed by atoms with Crippen molar-refractivity contribution in [3.63, 3.8) is 0 Å². The van der Waals surface area contributed by atoms with E-state index < -0.39 is 12.1 Å². The van der Waals surface area contributed by atoms with Gasteiger partial charge in [0.25, 0.3) is 5.91 Å². The predicted octanol–water partition coefficient (Wildman–Crippen LogP) is 4.03. The summed E-state index contributed by atoms with van der Waals surface area (Å²) in [4.78, 5) is 40.3. The minimum Gasteiger partial charge on any atom is -0.420 e. The number of nitrogens with one attached hydrogen (secondary N) is 2. The Kier molecular flexibility index (Phi) is 7.65. The number of carbonyl (C=O) groups is 2. The van der Waals surface area contributed by atoms with Crippen molar-refractivity contribution in [3.05, 3.63) is 87.8 Å². The van der Waals surface area contributed by atoms with Gasteiger partial charge in [0.05, 0.1) is 0 Å². The lowest BCUT2D eigenvalue weighted by molar-refractivity contribution is -0.189. The fourth-order valence-electron chi connectivity index (χ4n) is 4.49. The molecule has 1 aliphatic heterocycles. The number of hydrogen-bond donors (Lipinski definition) is 3. The zero-order chi connectivity index (χ0) is 27.4. The van der Waals surface area contributed by atoms with Gasteiger partial charge in [-0.05, 0) is 78.8 Å². The molecule has 0 bridgehead atoms. The zero-order valence-corrected chi connectivity index (χ0v) is 20.2. The Balaban J connectivity index is 1.48. The number of aryl methyl sites for hydroxylation is 1. The number of nitrogens with two attached hydrogens (primary N) is 1. The van der Waals surface area contributed by atoms with Crippen molar-refractivity contribution in [1.29, 1.82) is 5.41 Å². The molecule has 1 atom stereocenters. The molecule has 0 unspecified atom stereocenters. The average molecular weight is 527 g/mol. The van der Waals surface area contributed by atoms with Crippen molar-refractivity contribution in [3.8, 4) is 16.9 Å². The number of esters is 1. The van der Waals surface area contributed by atoms with Crippen molar-refractivity contribution in [2.45, 2.75) is 37.9 Å². The smallest absolute Gasteiger partial charge is 0.420 e. The number of amidine groups is 1. The molecular weight excluding hydrogens is 501 g/mol. The number of H-pyrrole nitrogens is 1. The van der Waals surface area contributed by atoms with Crippen molar-refractivity contribution in [2.24, 2.45) is 5.73 Å². The first kappa shape index (κ1) is 26.6. The first-order chi connectivity index (χ1) is 18.0. The maximum absolute atomic E-state index is 13.3. The topological polar surface area (TPSA) is 129 Å². The van der Waals surface area contributed by atoms with Crippen LogP contribution in [0.3, 0.4) is 0 Å². The van der Waals surface area contributed by atoms with Crippen LogP contribution in [0.1, 0.15) is 40.7 Å². The van der Waals surface area contributed by atoms with Crippen LogP contribution in [0.5, 0.6) is 5.75 Å². The molecule has 1 aromatic heterocycles. The summed E-state index contributed by atoms with van der Waals surface area (Å²) in [5.74, 6) is -3.03. The predicted molar refractivity (Wildman–Crippen MR) is 134 cm³/mol. The monoisotopic (exact) mass is 526 g/mol. The van der Waals surface area contributed by atoms with Crippen molar-refractivity contribution in [2.75, 3.05) is 6.54 Å². The van der Waals surface area contributed by atoms with E-state index in [9.17, 15) is 27.6 Å². The molecule has 0 aliphatic carbocycles. The molecule has 4 rings (SSSR count). The summed E-state index contributed by atoms with van der Waals surface area (Å²) in [7, 11) is 0. The van der Waals surface area contributed by atoms with Crippen LogP contribution < -0.4 is 16.0 Å². The number of aromatic nitrogens is 1.